The van der Waals surface area contributed by atoms with E-state index in [1.807, 2.05) is 19.1 Å². The second-order valence-electron chi connectivity index (χ2n) is 6.70. The van der Waals surface area contributed by atoms with Crippen LogP contribution in [0.1, 0.15) is 32.8 Å². The summed E-state index contributed by atoms with van der Waals surface area (Å²) in [6, 6.07) is 8.15. The van der Waals surface area contributed by atoms with Crippen molar-refractivity contribution in [1.82, 2.24) is 10.2 Å². The molecule has 0 saturated carbocycles. The van der Waals surface area contributed by atoms with E-state index in [0.29, 0.717) is 12.5 Å². The Kier molecular flexibility index (Phi) is 11.0. The molecular formula is C20H34IN3O2. The summed E-state index contributed by atoms with van der Waals surface area (Å²) in [6.07, 6.45) is 1.21. The van der Waals surface area contributed by atoms with E-state index in [-0.39, 0.29) is 30.1 Å². The number of halogens is 1. The van der Waals surface area contributed by atoms with Gasteiger partial charge in [0, 0.05) is 32.2 Å². The minimum absolute atomic E-state index is 0. The maximum Gasteiger partial charge on any atom is 0.194 e. The Morgan fingerprint density at radius 1 is 1.38 bits per heavy atom. The first kappa shape index (κ1) is 23.0. The Morgan fingerprint density at radius 3 is 2.88 bits per heavy atom. The van der Waals surface area contributed by atoms with Crippen molar-refractivity contribution in [3.05, 3.63) is 29.8 Å². The Morgan fingerprint density at radius 2 is 2.19 bits per heavy atom. The van der Waals surface area contributed by atoms with Gasteiger partial charge in [0.1, 0.15) is 11.9 Å². The van der Waals surface area contributed by atoms with E-state index in [9.17, 15) is 0 Å². The van der Waals surface area contributed by atoms with Gasteiger partial charge < -0.3 is 19.7 Å². The molecule has 1 aromatic carbocycles. The van der Waals surface area contributed by atoms with Gasteiger partial charge in [-0.25, -0.2) is 4.99 Å². The quantitative estimate of drug-likeness (QED) is 0.354. The predicted molar refractivity (Wildman–Crippen MR) is 119 cm³/mol. The molecule has 1 N–H and O–H groups in total. The smallest absolute Gasteiger partial charge is 0.194 e. The van der Waals surface area contributed by atoms with Crippen LogP contribution < -0.4 is 10.1 Å². The molecule has 1 aliphatic rings. The van der Waals surface area contributed by atoms with Crippen LogP contribution in [0.3, 0.4) is 0 Å². The van der Waals surface area contributed by atoms with Crippen LogP contribution in [-0.2, 0) is 4.74 Å². The Bertz CT molecular complexity index is 554. The van der Waals surface area contributed by atoms with Gasteiger partial charge >= 0.3 is 0 Å². The highest BCUT2D eigenvalue weighted by Crippen LogP contribution is 2.17. The first-order valence-electron chi connectivity index (χ1n) is 9.46. The third-order valence-corrected chi connectivity index (χ3v) is 4.30. The number of nitrogens with zero attached hydrogens (tertiary/aromatic N) is 2. The molecule has 1 aromatic rings. The Hall–Kier alpha value is -1.02. The topological polar surface area (TPSA) is 46.1 Å². The molecule has 1 fully saturated rings. The van der Waals surface area contributed by atoms with E-state index in [0.717, 1.165) is 44.6 Å². The molecule has 0 aromatic heterocycles. The normalized spacial score (nSPS) is 18.4. The summed E-state index contributed by atoms with van der Waals surface area (Å²) in [5.74, 6) is 2.50. The number of nitrogens with one attached hydrogen (secondary N) is 1. The molecule has 1 saturated heterocycles. The number of likely N-dealkylation sites (tertiary alicyclic amines) is 1. The average Bonchev–Trinajstić information content (AvgIpc) is 3.05. The number of aryl methyl sites for hydroxylation is 1. The summed E-state index contributed by atoms with van der Waals surface area (Å²) in [5, 5.41) is 3.41. The van der Waals surface area contributed by atoms with Crippen molar-refractivity contribution in [2.75, 3.05) is 39.4 Å². The Labute approximate surface area is 175 Å². The molecule has 0 radical (unpaired) electrons. The van der Waals surface area contributed by atoms with Crippen molar-refractivity contribution in [2.24, 2.45) is 10.9 Å². The van der Waals surface area contributed by atoms with E-state index in [1.165, 1.54) is 12.0 Å². The van der Waals surface area contributed by atoms with Crippen molar-refractivity contribution >= 4 is 29.9 Å². The van der Waals surface area contributed by atoms with E-state index >= 15 is 0 Å². The first-order valence-corrected chi connectivity index (χ1v) is 9.46. The molecule has 2 unspecified atom stereocenters. The molecule has 0 amide bonds. The van der Waals surface area contributed by atoms with Gasteiger partial charge in [-0.1, -0.05) is 12.1 Å². The van der Waals surface area contributed by atoms with Gasteiger partial charge in [-0.05, 0) is 51.8 Å². The molecule has 1 aliphatic heterocycles. The lowest BCUT2D eigenvalue weighted by Gasteiger charge is -2.22. The summed E-state index contributed by atoms with van der Waals surface area (Å²) in [6.45, 7) is 13.5. The van der Waals surface area contributed by atoms with Gasteiger partial charge in [-0.3, -0.25) is 0 Å². The van der Waals surface area contributed by atoms with Gasteiger partial charge in [0.2, 0.25) is 0 Å². The maximum atomic E-state index is 5.99. The van der Waals surface area contributed by atoms with Crippen LogP contribution in [0.5, 0.6) is 5.75 Å². The molecule has 5 nitrogen and oxygen atoms in total. The second kappa shape index (κ2) is 12.4. The molecule has 0 spiro atoms. The lowest BCUT2D eigenvalue weighted by molar-refractivity contribution is 0.114. The van der Waals surface area contributed by atoms with Gasteiger partial charge in [0.25, 0.3) is 0 Å². The zero-order valence-electron chi connectivity index (χ0n) is 16.5. The third kappa shape index (κ3) is 7.70. The van der Waals surface area contributed by atoms with Crippen LogP contribution in [0.4, 0.5) is 0 Å². The zero-order valence-corrected chi connectivity index (χ0v) is 18.9. The summed E-state index contributed by atoms with van der Waals surface area (Å²) < 4.78 is 11.6. The minimum atomic E-state index is 0. The summed E-state index contributed by atoms with van der Waals surface area (Å²) in [4.78, 5) is 7.13. The number of hydrogen-bond donors (Lipinski definition) is 1. The largest absolute Gasteiger partial charge is 0.489 e. The maximum absolute atomic E-state index is 5.99. The highest BCUT2D eigenvalue weighted by atomic mass is 127. The van der Waals surface area contributed by atoms with Crippen LogP contribution in [-0.4, -0.2) is 56.4 Å². The fourth-order valence-corrected chi connectivity index (χ4v) is 3.04. The molecule has 2 rings (SSSR count). The van der Waals surface area contributed by atoms with Gasteiger partial charge in [0.15, 0.2) is 5.96 Å². The lowest BCUT2D eigenvalue weighted by Crippen LogP contribution is -2.41. The molecule has 0 aliphatic carbocycles. The number of benzene rings is 1. The first-order chi connectivity index (χ1) is 12.1. The molecule has 2 atom stereocenters. The summed E-state index contributed by atoms with van der Waals surface area (Å²) >= 11 is 0. The summed E-state index contributed by atoms with van der Waals surface area (Å²) in [5.41, 5.74) is 1.21. The number of hydrogen-bond acceptors (Lipinski definition) is 3. The summed E-state index contributed by atoms with van der Waals surface area (Å²) in [7, 11) is 0. The molecule has 6 heteroatoms. The van der Waals surface area contributed by atoms with Crippen molar-refractivity contribution in [3.63, 3.8) is 0 Å². The molecule has 0 bridgehead atoms. The van der Waals surface area contributed by atoms with E-state index in [2.05, 4.69) is 43.1 Å². The van der Waals surface area contributed by atoms with Crippen molar-refractivity contribution < 1.29 is 9.47 Å². The number of ether oxygens (including phenoxy) is 2. The van der Waals surface area contributed by atoms with E-state index < -0.39 is 0 Å². The minimum Gasteiger partial charge on any atom is -0.489 e. The number of aliphatic imine (C=N–C) groups is 1. The second-order valence-corrected chi connectivity index (χ2v) is 6.70. The molecule has 1 heterocycles. The van der Waals surface area contributed by atoms with Crippen LogP contribution in [0, 0.1) is 12.8 Å². The zero-order chi connectivity index (χ0) is 18.1. The lowest BCUT2D eigenvalue weighted by atomic mass is 10.1. The van der Waals surface area contributed by atoms with Crippen molar-refractivity contribution in [3.8, 4) is 5.75 Å². The van der Waals surface area contributed by atoms with Crippen molar-refractivity contribution in [2.45, 2.75) is 40.2 Å². The van der Waals surface area contributed by atoms with E-state index in [4.69, 9.17) is 14.5 Å². The number of rotatable bonds is 8. The van der Waals surface area contributed by atoms with Gasteiger partial charge in [0.05, 0.1) is 13.2 Å². The SMILES string of the molecule is CCNC(=NCC(C)Oc1cccc(C)c1)N1CCC(COCC)C1.I. The molecule has 148 valence electrons. The Balaban J connectivity index is 0.00000338. The predicted octanol–water partition coefficient (Wildman–Crippen LogP) is 3.70. The van der Waals surface area contributed by atoms with Crippen LogP contribution in [0.2, 0.25) is 0 Å². The standard InChI is InChI=1S/C20H33N3O2.HI/c1-5-21-20(23-11-10-18(14-23)15-24-6-2)22-13-17(4)25-19-9-7-8-16(3)12-19;/h7-9,12,17-18H,5-6,10-11,13-15H2,1-4H3,(H,21,22);1H. The van der Waals surface area contributed by atoms with Crippen LogP contribution in [0.25, 0.3) is 0 Å². The highest BCUT2D eigenvalue weighted by Gasteiger charge is 2.25. The van der Waals surface area contributed by atoms with Crippen LogP contribution in [0.15, 0.2) is 29.3 Å². The fraction of sp³-hybridized carbons (Fsp3) is 0.650. The van der Waals surface area contributed by atoms with E-state index in [1.54, 1.807) is 0 Å². The number of guanidine groups is 1. The third-order valence-electron chi connectivity index (χ3n) is 4.30. The van der Waals surface area contributed by atoms with Crippen molar-refractivity contribution in [1.29, 1.82) is 0 Å². The monoisotopic (exact) mass is 475 g/mol. The molecular weight excluding hydrogens is 441 g/mol. The van der Waals surface area contributed by atoms with Gasteiger partial charge in [-0.2, -0.15) is 0 Å². The fourth-order valence-electron chi connectivity index (χ4n) is 3.04. The van der Waals surface area contributed by atoms with Gasteiger partial charge in [-0.15, -0.1) is 24.0 Å². The highest BCUT2D eigenvalue weighted by molar-refractivity contribution is 14.0. The average molecular weight is 475 g/mol. The molecule has 26 heavy (non-hydrogen) atoms. The van der Waals surface area contributed by atoms with Crippen LogP contribution >= 0.6 is 24.0 Å².